The van der Waals surface area contributed by atoms with Gasteiger partial charge < -0.3 is 20.3 Å². The van der Waals surface area contributed by atoms with Crippen LogP contribution in [0.25, 0.3) is 0 Å². The second-order valence-electron chi connectivity index (χ2n) is 10.00. The van der Waals surface area contributed by atoms with Gasteiger partial charge in [-0.05, 0) is 36.8 Å². The minimum atomic E-state index is -0.599. The van der Waals surface area contributed by atoms with Crippen molar-refractivity contribution in [2.24, 2.45) is 11.8 Å². The van der Waals surface area contributed by atoms with E-state index in [1.165, 1.54) is 0 Å². The number of hydrogen-bond donors (Lipinski definition) is 3. The zero-order valence-corrected chi connectivity index (χ0v) is 21.2. The van der Waals surface area contributed by atoms with Crippen molar-refractivity contribution in [1.82, 2.24) is 5.32 Å². The van der Waals surface area contributed by atoms with Gasteiger partial charge in [0.1, 0.15) is 11.9 Å². The number of carbonyl (C=O) groups excluding carboxylic acids is 1. The van der Waals surface area contributed by atoms with Crippen LogP contribution in [-0.2, 0) is 17.8 Å². The second kappa shape index (κ2) is 12.3. The predicted molar refractivity (Wildman–Crippen MR) is 141 cm³/mol. The number of aliphatic hydroxyl groups is 2. The average molecular weight is 488 g/mol. The highest BCUT2D eigenvalue weighted by molar-refractivity contribution is 5.75. The molecule has 0 aromatic heterocycles. The Morgan fingerprint density at radius 3 is 2.81 bits per heavy atom. The van der Waals surface area contributed by atoms with E-state index >= 15 is 0 Å². The monoisotopic (exact) mass is 487 g/mol. The summed E-state index contributed by atoms with van der Waals surface area (Å²) in [5.41, 5.74) is 3.33. The number of nitrogens with one attached hydrogen (secondary N) is 1. The number of para-hydroxylation sites is 1. The number of benzene rings is 2. The van der Waals surface area contributed by atoms with E-state index in [0.717, 1.165) is 35.3 Å². The van der Waals surface area contributed by atoms with Gasteiger partial charge in [0.05, 0.1) is 12.2 Å². The van der Waals surface area contributed by atoms with Crippen LogP contribution in [0.5, 0.6) is 5.75 Å². The highest BCUT2D eigenvalue weighted by atomic mass is 16.5. The van der Waals surface area contributed by atoms with Crippen LogP contribution in [0.2, 0.25) is 0 Å². The molecule has 1 aliphatic heterocycles. The summed E-state index contributed by atoms with van der Waals surface area (Å²) in [4.78, 5) is 12.3. The van der Waals surface area contributed by atoms with Crippen LogP contribution in [0.15, 0.2) is 60.7 Å². The molecule has 1 saturated carbocycles. The first kappa shape index (κ1) is 26.0. The number of amides is 1. The first-order chi connectivity index (χ1) is 17.5. The molecule has 0 bridgehead atoms. The van der Waals surface area contributed by atoms with Crippen LogP contribution in [0.4, 0.5) is 0 Å². The van der Waals surface area contributed by atoms with Gasteiger partial charge >= 0.3 is 0 Å². The molecule has 2 aromatic rings. The fourth-order valence-corrected chi connectivity index (χ4v) is 5.31. The summed E-state index contributed by atoms with van der Waals surface area (Å²) in [5.74, 6) is 6.86. The van der Waals surface area contributed by atoms with Crippen molar-refractivity contribution >= 4 is 5.91 Å². The second-order valence-corrected chi connectivity index (χ2v) is 10.00. The molecule has 5 heteroatoms. The van der Waals surface area contributed by atoms with Crippen molar-refractivity contribution in [3.05, 3.63) is 77.4 Å². The molecule has 3 N–H and O–H groups in total. The maximum atomic E-state index is 12.3. The minimum Gasteiger partial charge on any atom is -0.489 e. The molecule has 4 rings (SSSR count). The molecule has 1 fully saturated rings. The quantitative estimate of drug-likeness (QED) is 0.340. The van der Waals surface area contributed by atoms with Crippen LogP contribution < -0.4 is 10.1 Å². The summed E-state index contributed by atoms with van der Waals surface area (Å²) in [6.07, 6.45) is 5.80. The molecule has 1 aliphatic carbocycles. The summed E-state index contributed by atoms with van der Waals surface area (Å²) in [7, 11) is 0. The summed E-state index contributed by atoms with van der Waals surface area (Å²) < 4.78 is 6.36. The molecule has 2 aliphatic rings. The van der Waals surface area contributed by atoms with E-state index < -0.39 is 12.2 Å². The fraction of sp³-hybridized carbons (Fsp3) is 0.452. The highest BCUT2D eigenvalue weighted by Crippen LogP contribution is 2.52. The normalized spacial score (nSPS) is 23.8. The largest absolute Gasteiger partial charge is 0.489 e. The molecule has 36 heavy (non-hydrogen) atoms. The molecule has 0 saturated heterocycles. The summed E-state index contributed by atoms with van der Waals surface area (Å²) in [6.45, 7) is 4.33. The predicted octanol–water partition coefficient (Wildman–Crippen LogP) is 4.52. The van der Waals surface area contributed by atoms with E-state index in [1.54, 1.807) is 6.92 Å². The van der Waals surface area contributed by atoms with E-state index in [-0.39, 0.29) is 29.8 Å². The third-order valence-corrected chi connectivity index (χ3v) is 7.39. The smallest absolute Gasteiger partial charge is 0.220 e. The first-order valence-corrected chi connectivity index (χ1v) is 13.0. The van der Waals surface area contributed by atoms with Crippen molar-refractivity contribution < 1.29 is 19.7 Å². The average Bonchev–Trinajstić information content (AvgIpc) is 3.40. The Labute approximate surface area is 214 Å². The van der Waals surface area contributed by atoms with E-state index in [0.29, 0.717) is 25.8 Å². The lowest BCUT2D eigenvalue weighted by molar-refractivity contribution is -0.121. The van der Waals surface area contributed by atoms with Crippen molar-refractivity contribution in [1.29, 1.82) is 0 Å². The van der Waals surface area contributed by atoms with Gasteiger partial charge in [-0.2, -0.15) is 0 Å². The minimum absolute atomic E-state index is 0.0339. The van der Waals surface area contributed by atoms with E-state index in [1.807, 2.05) is 55.5 Å². The molecule has 1 amide bonds. The topological polar surface area (TPSA) is 78.8 Å². The van der Waals surface area contributed by atoms with Gasteiger partial charge in [0.15, 0.2) is 0 Å². The molecule has 0 radical (unpaired) electrons. The number of ether oxygens (including phenoxy) is 1. The SMILES string of the molecule is CC#CC[C@@H](C)[C@H](O)C=C[C@@H]1[C@H]2c3cccc(CCCC(=O)NCc4ccccc4)c3O[C@H]2C[C@H]1O. The Morgan fingerprint density at radius 1 is 1.22 bits per heavy atom. The van der Waals surface area contributed by atoms with Crippen LogP contribution in [-0.4, -0.2) is 34.4 Å². The lowest BCUT2D eigenvalue weighted by Crippen LogP contribution is -2.22. The van der Waals surface area contributed by atoms with E-state index in [2.05, 4.69) is 29.3 Å². The standard InChI is InChI=1S/C31H37NO4/c1-3-4-10-21(2)26(33)18-17-24-27(34)19-28-30(24)25-15-8-13-23(31(25)36-28)14-9-16-29(35)32-20-22-11-6-5-7-12-22/h5-8,11-13,15,17-18,21,24,26-28,30,33-34H,9-10,14,16,19-20H2,1-2H3,(H,32,35)/t21-,24+,26-,27-,28+,30+/m1/s1. The molecular weight excluding hydrogens is 450 g/mol. The van der Waals surface area contributed by atoms with Gasteiger partial charge in [-0.15, -0.1) is 11.8 Å². The maximum Gasteiger partial charge on any atom is 0.220 e. The lowest BCUT2D eigenvalue weighted by atomic mass is 9.86. The van der Waals surface area contributed by atoms with Crippen molar-refractivity contribution in [3.63, 3.8) is 0 Å². The van der Waals surface area contributed by atoms with Gasteiger partial charge in [0.25, 0.3) is 0 Å². The lowest BCUT2D eigenvalue weighted by Gasteiger charge is -2.19. The number of aliphatic hydroxyl groups excluding tert-OH is 2. The number of carbonyl (C=O) groups is 1. The van der Waals surface area contributed by atoms with E-state index in [4.69, 9.17) is 4.74 Å². The molecule has 2 aromatic carbocycles. The molecule has 0 spiro atoms. The Hall–Kier alpha value is -3.07. The highest BCUT2D eigenvalue weighted by Gasteiger charge is 2.48. The van der Waals surface area contributed by atoms with Gasteiger partial charge in [0.2, 0.25) is 5.91 Å². The molecule has 1 heterocycles. The van der Waals surface area contributed by atoms with E-state index in [9.17, 15) is 15.0 Å². The molecular formula is C31H37NO4. The molecule has 5 nitrogen and oxygen atoms in total. The first-order valence-electron chi connectivity index (χ1n) is 13.0. The zero-order chi connectivity index (χ0) is 25.5. The van der Waals surface area contributed by atoms with Crippen LogP contribution in [0, 0.1) is 23.7 Å². The van der Waals surface area contributed by atoms with Gasteiger partial charge in [0, 0.05) is 43.2 Å². The van der Waals surface area contributed by atoms with Gasteiger partial charge in [-0.25, -0.2) is 0 Å². The Kier molecular flexibility index (Phi) is 8.85. The zero-order valence-electron chi connectivity index (χ0n) is 21.2. The Bertz CT molecular complexity index is 1120. The van der Waals surface area contributed by atoms with Crippen LogP contribution >= 0.6 is 0 Å². The number of hydrogen-bond acceptors (Lipinski definition) is 4. The Balaban J connectivity index is 1.35. The molecule has 190 valence electrons. The maximum absolute atomic E-state index is 12.3. The van der Waals surface area contributed by atoms with Crippen molar-refractivity contribution in [3.8, 4) is 17.6 Å². The third kappa shape index (κ3) is 6.19. The summed E-state index contributed by atoms with van der Waals surface area (Å²) in [5, 5.41) is 24.2. The van der Waals surface area contributed by atoms with Crippen molar-refractivity contribution in [2.75, 3.05) is 0 Å². The summed E-state index contributed by atoms with van der Waals surface area (Å²) in [6, 6.07) is 16.1. The number of rotatable bonds is 10. The van der Waals surface area contributed by atoms with Crippen LogP contribution in [0.3, 0.4) is 0 Å². The summed E-state index contributed by atoms with van der Waals surface area (Å²) >= 11 is 0. The number of aryl methyl sites for hydroxylation is 1. The third-order valence-electron chi connectivity index (χ3n) is 7.39. The molecule has 0 unspecified atom stereocenters. The van der Waals surface area contributed by atoms with Crippen LogP contribution in [0.1, 0.15) is 62.1 Å². The van der Waals surface area contributed by atoms with Crippen molar-refractivity contribution in [2.45, 2.75) is 76.7 Å². The van der Waals surface area contributed by atoms with Gasteiger partial charge in [-0.1, -0.05) is 67.6 Å². The Morgan fingerprint density at radius 2 is 2.03 bits per heavy atom. The number of fused-ring (bicyclic) bond motifs is 3. The van der Waals surface area contributed by atoms with Gasteiger partial charge in [-0.3, -0.25) is 4.79 Å². The molecule has 6 atom stereocenters. The fourth-order valence-electron chi connectivity index (χ4n) is 5.31.